The molecule has 2 aromatic rings. The molecule has 0 radical (unpaired) electrons. The van der Waals surface area contributed by atoms with Gasteiger partial charge in [-0.25, -0.2) is 0 Å². The van der Waals surface area contributed by atoms with Gasteiger partial charge in [0.05, 0.1) is 0 Å². The molecule has 5 heteroatoms. The summed E-state index contributed by atoms with van der Waals surface area (Å²) in [7, 11) is 0. The maximum atomic E-state index is 11.9. The third-order valence-corrected chi connectivity index (χ3v) is 3.63. The minimum absolute atomic E-state index is 0.00652. The van der Waals surface area contributed by atoms with Gasteiger partial charge in [0.2, 0.25) is 12.7 Å². The van der Waals surface area contributed by atoms with Crippen molar-refractivity contribution in [1.29, 1.82) is 0 Å². The van der Waals surface area contributed by atoms with E-state index in [1.54, 1.807) is 0 Å². The van der Waals surface area contributed by atoms with Crippen LogP contribution in [-0.4, -0.2) is 19.2 Å². The predicted molar refractivity (Wildman–Crippen MR) is 88.7 cm³/mol. The Morgan fingerprint density at radius 2 is 1.87 bits per heavy atom. The molecule has 1 aliphatic rings. The van der Waals surface area contributed by atoms with E-state index in [-0.39, 0.29) is 12.7 Å². The quantitative estimate of drug-likeness (QED) is 0.805. The van der Waals surface area contributed by atoms with Crippen LogP contribution in [0.2, 0.25) is 0 Å². The van der Waals surface area contributed by atoms with Crippen molar-refractivity contribution in [2.45, 2.75) is 19.9 Å². The van der Waals surface area contributed by atoms with E-state index < -0.39 is 0 Å². The van der Waals surface area contributed by atoms with Crippen molar-refractivity contribution >= 4 is 11.6 Å². The van der Waals surface area contributed by atoms with E-state index in [1.807, 2.05) is 49.4 Å². The molecule has 3 rings (SSSR count). The van der Waals surface area contributed by atoms with Gasteiger partial charge in [0, 0.05) is 25.2 Å². The lowest BCUT2D eigenvalue weighted by atomic mass is 10.2. The zero-order valence-corrected chi connectivity index (χ0v) is 13.1. The van der Waals surface area contributed by atoms with Crippen LogP contribution in [0.15, 0.2) is 42.5 Å². The molecule has 1 aliphatic heterocycles. The van der Waals surface area contributed by atoms with Crippen molar-refractivity contribution in [1.82, 2.24) is 5.32 Å². The molecule has 0 aromatic heterocycles. The van der Waals surface area contributed by atoms with Crippen molar-refractivity contribution in [2.24, 2.45) is 0 Å². The van der Waals surface area contributed by atoms with Crippen molar-refractivity contribution < 1.29 is 14.3 Å². The molecule has 2 aromatic carbocycles. The Morgan fingerprint density at radius 3 is 2.70 bits per heavy atom. The first kappa shape index (κ1) is 15.4. The molecule has 1 amide bonds. The summed E-state index contributed by atoms with van der Waals surface area (Å²) in [6.45, 7) is 3.61. The number of nitrogens with one attached hydrogen (secondary N) is 2. The van der Waals surface area contributed by atoms with Crippen molar-refractivity contribution in [3.05, 3.63) is 53.6 Å². The van der Waals surface area contributed by atoms with Gasteiger partial charge in [-0.3, -0.25) is 4.79 Å². The number of hydrogen-bond acceptors (Lipinski definition) is 4. The van der Waals surface area contributed by atoms with E-state index in [4.69, 9.17) is 9.47 Å². The molecular formula is C18H20N2O3. The van der Waals surface area contributed by atoms with Crippen LogP contribution in [0.4, 0.5) is 5.69 Å². The van der Waals surface area contributed by atoms with Gasteiger partial charge in [0.15, 0.2) is 11.5 Å². The predicted octanol–water partition coefficient (Wildman–Crippen LogP) is 2.84. The fourth-order valence-electron chi connectivity index (χ4n) is 2.35. The lowest BCUT2D eigenvalue weighted by molar-refractivity contribution is -0.116. The van der Waals surface area contributed by atoms with Gasteiger partial charge in [-0.2, -0.15) is 0 Å². The molecule has 0 saturated heterocycles. The molecule has 120 valence electrons. The molecule has 0 fully saturated rings. The number of anilines is 1. The minimum Gasteiger partial charge on any atom is -0.454 e. The Hall–Kier alpha value is -2.53. The Labute approximate surface area is 135 Å². The number of fused-ring (bicyclic) bond motifs is 1. The van der Waals surface area contributed by atoms with Crippen LogP contribution < -0.4 is 20.1 Å². The van der Waals surface area contributed by atoms with Crippen molar-refractivity contribution in [2.75, 3.05) is 18.7 Å². The van der Waals surface area contributed by atoms with Crippen LogP contribution in [-0.2, 0) is 11.3 Å². The molecule has 0 bridgehead atoms. The van der Waals surface area contributed by atoms with E-state index in [0.29, 0.717) is 19.5 Å². The standard InChI is InChI=1S/C18H20N2O3/c1-13-2-5-15(6-3-13)20-18(21)8-9-19-11-14-4-7-16-17(10-14)23-12-22-16/h2-7,10,19H,8-9,11-12H2,1H3,(H,20,21). The number of hydrogen-bond donors (Lipinski definition) is 2. The summed E-state index contributed by atoms with van der Waals surface area (Å²) >= 11 is 0. The Balaban J connectivity index is 1.39. The number of benzene rings is 2. The second kappa shape index (κ2) is 7.15. The monoisotopic (exact) mass is 312 g/mol. The summed E-state index contributed by atoms with van der Waals surface area (Å²) in [6, 6.07) is 13.6. The molecule has 0 unspecified atom stereocenters. The van der Waals surface area contributed by atoms with Crippen LogP contribution >= 0.6 is 0 Å². The number of ether oxygens (including phenoxy) is 2. The van der Waals surface area contributed by atoms with Crippen LogP contribution in [0, 0.1) is 6.92 Å². The summed E-state index contributed by atoms with van der Waals surface area (Å²) in [5, 5.41) is 6.15. The summed E-state index contributed by atoms with van der Waals surface area (Å²) in [6.07, 6.45) is 0.429. The average Bonchev–Trinajstić information content (AvgIpc) is 3.01. The van der Waals surface area contributed by atoms with Gasteiger partial charge in [-0.15, -0.1) is 0 Å². The second-order valence-corrected chi connectivity index (χ2v) is 5.53. The van der Waals surface area contributed by atoms with E-state index in [2.05, 4.69) is 10.6 Å². The average molecular weight is 312 g/mol. The smallest absolute Gasteiger partial charge is 0.231 e. The van der Waals surface area contributed by atoms with Gasteiger partial charge in [0.1, 0.15) is 0 Å². The molecule has 1 heterocycles. The zero-order chi connectivity index (χ0) is 16.1. The summed E-state index contributed by atoms with van der Waals surface area (Å²) in [5.74, 6) is 1.57. The maximum absolute atomic E-state index is 11.9. The van der Waals surface area contributed by atoms with Crippen LogP contribution in [0.3, 0.4) is 0 Å². The first-order valence-electron chi connectivity index (χ1n) is 7.66. The van der Waals surface area contributed by atoms with E-state index >= 15 is 0 Å². The second-order valence-electron chi connectivity index (χ2n) is 5.53. The third-order valence-electron chi connectivity index (χ3n) is 3.63. The molecule has 23 heavy (non-hydrogen) atoms. The largest absolute Gasteiger partial charge is 0.454 e. The van der Waals surface area contributed by atoms with E-state index in [0.717, 1.165) is 22.7 Å². The summed E-state index contributed by atoms with van der Waals surface area (Å²) < 4.78 is 10.6. The minimum atomic E-state index is 0.00652. The fourth-order valence-corrected chi connectivity index (χ4v) is 2.35. The number of amides is 1. The van der Waals surface area contributed by atoms with Crippen molar-refractivity contribution in [3.63, 3.8) is 0 Å². The highest BCUT2D eigenvalue weighted by atomic mass is 16.7. The maximum Gasteiger partial charge on any atom is 0.231 e. The van der Waals surface area contributed by atoms with Crippen LogP contribution in [0.25, 0.3) is 0 Å². The fraction of sp³-hybridized carbons (Fsp3) is 0.278. The molecule has 0 saturated carbocycles. The number of rotatable bonds is 6. The SMILES string of the molecule is Cc1ccc(NC(=O)CCNCc2ccc3c(c2)OCO3)cc1. The molecule has 0 atom stereocenters. The zero-order valence-electron chi connectivity index (χ0n) is 13.1. The lowest BCUT2D eigenvalue weighted by Gasteiger charge is -2.07. The van der Waals surface area contributed by atoms with Gasteiger partial charge >= 0.3 is 0 Å². The highest BCUT2D eigenvalue weighted by Gasteiger charge is 2.12. The third kappa shape index (κ3) is 4.23. The van der Waals surface area contributed by atoms with E-state index in [9.17, 15) is 4.79 Å². The topological polar surface area (TPSA) is 59.6 Å². The van der Waals surface area contributed by atoms with Gasteiger partial charge in [-0.1, -0.05) is 23.8 Å². The Bertz CT molecular complexity index is 683. The normalized spacial score (nSPS) is 12.2. The summed E-state index contributed by atoms with van der Waals surface area (Å²) in [4.78, 5) is 11.9. The molecular weight excluding hydrogens is 292 g/mol. The van der Waals surface area contributed by atoms with Crippen LogP contribution in [0.1, 0.15) is 17.5 Å². The summed E-state index contributed by atoms with van der Waals surface area (Å²) in [5.41, 5.74) is 3.11. The number of carbonyl (C=O) groups excluding carboxylic acids is 1. The first-order valence-corrected chi connectivity index (χ1v) is 7.66. The highest BCUT2D eigenvalue weighted by Crippen LogP contribution is 2.32. The van der Waals surface area contributed by atoms with Gasteiger partial charge in [-0.05, 0) is 36.8 Å². The Morgan fingerprint density at radius 1 is 1.09 bits per heavy atom. The highest BCUT2D eigenvalue weighted by molar-refractivity contribution is 5.90. The van der Waals surface area contributed by atoms with Gasteiger partial charge < -0.3 is 20.1 Å². The number of carbonyl (C=O) groups is 1. The molecule has 2 N–H and O–H groups in total. The Kier molecular flexibility index (Phi) is 4.78. The molecule has 5 nitrogen and oxygen atoms in total. The molecule has 0 aliphatic carbocycles. The lowest BCUT2D eigenvalue weighted by Crippen LogP contribution is -2.21. The molecule has 0 spiro atoms. The number of aryl methyl sites for hydroxylation is 1. The van der Waals surface area contributed by atoms with Crippen LogP contribution in [0.5, 0.6) is 11.5 Å². The van der Waals surface area contributed by atoms with E-state index in [1.165, 1.54) is 5.56 Å². The van der Waals surface area contributed by atoms with Gasteiger partial charge in [0.25, 0.3) is 0 Å². The first-order chi connectivity index (χ1) is 11.2. The van der Waals surface area contributed by atoms with Crippen molar-refractivity contribution in [3.8, 4) is 11.5 Å².